The second-order valence-electron chi connectivity index (χ2n) is 8.97. The van der Waals surface area contributed by atoms with Crippen molar-refractivity contribution in [1.29, 1.82) is 0 Å². The molecule has 1 aromatic carbocycles. The highest BCUT2D eigenvalue weighted by Crippen LogP contribution is 2.33. The molecular weight excluding hydrogens is 404 g/mol. The summed E-state index contributed by atoms with van der Waals surface area (Å²) in [4.78, 5) is 38.4. The molecule has 0 N–H and O–H groups in total. The highest BCUT2D eigenvalue weighted by atomic mass is 16.5. The molecule has 1 saturated heterocycles. The summed E-state index contributed by atoms with van der Waals surface area (Å²) in [6.45, 7) is 7.85. The molecule has 3 heterocycles. The minimum absolute atomic E-state index is 0.0109. The van der Waals surface area contributed by atoms with Crippen LogP contribution in [0.15, 0.2) is 30.3 Å². The summed E-state index contributed by atoms with van der Waals surface area (Å²) in [6, 6.07) is 10.3. The molecule has 1 fully saturated rings. The van der Waals surface area contributed by atoms with Crippen LogP contribution < -0.4 is 4.90 Å². The van der Waals surface area contributed by atoms with Gasteiger partial charge in [0.05, 0.1) is 12.5 Å². The zero-order valence-corrected chi connectivity index (χ0v) is 19.2. The van der Waals surface area contributed by atoms with Crippen molar-refractivity contribution in [3.63, 3.8) is 0 Å². The summed E-state index contributed by atoms with van der Waals surface area (Å²) in [5.74, 6) is 1.69. The summed E-state index contributed by atoms with van der Waals surface area (Å²) >= 11 is 0. The van der Waals surface area contributed by atoms with Crippen LogP contribution in [0.25, 0.3) is 0 Å². The van der Waals surface area contributed by atoms with Gasteiger partial charge >= 0.3 is 0 Å². The van der Waals surface area contributed by atoms with Crippen LogP contribution in [0, 0.1) is 6.92 Å². The third-order valence-corrected chi connectivity index (χ3v) is 6.23. The maximum absolute atomic E-state index is 12.7. The summed E-state index contributed by atoms with van der Waals surface area (Å²) in [5, 5.41) is 0. The van der Waals surface area contributed by atoms with Crippen molar-refractivity contribution in [1.82, 2.24) is 14.9 Å². The van der Waals surface area contributed by atoms with Crippen molar-refractivity contribution in [3.05, 3.63) is 53.0 Å². The van der Waals surface area contributed by atoms with Crippen LogP contribution in [0.5, 0.6) is 0 Å². The lowest BCUT2D eigenvalue weighted by atomic mass is 10.1. The Hall–Kier alpha value is -2.80. The quantitative estimate of drug-likeness (QED) is 0.636. The first-order chi connectivity index (χ1) is 15.4. The molecule has 7 nitrogen and oxygen atoms in total. The number of nitrogens with zero attached hydrogens (tertiary/aromatic N) is 4. The molecule has 2 amide bonds. The van der Waals surface area contributed by atoms with Gasteiger partial charge in [0.25, 0.3) is 0 Å². The lowest BCUT2D eigenvalue weighted by Gasteiger charge is -2.19. The maximum atomic E-state index is 12.7. The Kier molecular flexibility index (Phi) is 6.84. The van der Waals surface area contributed by atoms with E-state index >= 15 is 0 Å². The zero-order chi connectivity index (χ0) is 22.7. The Morgan fingerprint density at radius 1 is 1.22 bits per heavy atom. The predicted octanol–water partition coefficient (Wildman–Crippen LogP) is 3.05. The van der Waals surface area contributed by atoms with E-state index in [1.165, 1.54) is 5.56 Å². The minimum atomic E-state index is 0.0109. The molecule has 2 aliphatic rings. The minimum Gasteiger partial charge on any atom is -0.369 e. The maximum Gasteiger partial charge on any atom is 0.248 e. The van der Waals surface area contributed by atoms with Crippen molar-refractivity contribution >= 4 is 17.6 Å². The fourth-order valence-corrected chi connectivity index (χ4v) is 4.42. The number of ether oxygens (including phenoxy) is 1. The number of anilines is 1. The molecular formula is C25H32N4O3. The molecule has 32 heavy (non-hydrogen) atoms. The van der Waals surface area contributed by atoms with E-state index < -0.39 is 0 Å². The second-order valence-corrected chi connectivity index (χ2v) is 8.97. The fraction of sp³-hybridized carbons (Fsp3) is 0.520. The Labute approximate surface area is 189 Å². The van der Waals surface area contributed by atoms with E-state index in [-0.39, 0.29) is 30.4 Å². The molecule has 2 aliphatic heterocycles. The number of fused-ring (bicyclic) bond motifs is 1. The molecule has 0 aliphatic carbocycles. The van der Waals surface area contributed by atoms with Crippen LogP contribution >= 0.6 is 0 Å². The molecule has 4 rings (SSSR count). The average molecular weight is 437 g/mol. The Balaban J connectivity index is 1.43. The van der Waals surface area contributed by atoms with E-state index in [1.54, 1.807) is 0 Å². The van der Waals surface area contributed by atoms with Crippen molar-refractivity contribution < 1.29 is 14.3 Å². The van der Waals surface area contributed by atoms with Gasteiger partial charge in [0.15, 0.2) is 0 Å². The Morgan fingerprint density at radius 2 is 2.00 bits per heavy atom. The van der Waals surface area contributed by atoms with Gasteiger partial charge in [0.1, 0.15) is 18.2 Å². The first-order valence-electron chi connectivity index (χ1n) is 11.5. The van der Waals surface area contributed by atoms with Gasteiger partial charge < -0.3 is 9.64 Å². The number of benzene rings is 1. The van der Waals surface area contributed by atoms with Crippen molar-refractivity contribution in [3.8, 4) is 0 Å². The largest absolute Gasteiger partial charge is 0.369 e. The number of likely N-dealkylation sites (tertiary alicyclic amines) is 1. The van der Waals surface area contributed by atoms with E-state index in [1.807, 2.05) is 48.8 Å². The van der Waals surface area contributed by atoms with Gasteiger partial charge in [-0.3, -0.25) is 14.5 Å². The highest BCUT2D eigenvalue weighted by Gasteiger charge is 2.34. The molecule has 7 heteroatoms. The van der Waals surface area contributed by atoms with Gasteiger partial charge in [-0.1, -0.05) is 30.3 Å². The number of carbonyl (C=O) groups is 2. The summed E-state index contributed by atoms with van der Waals surface area (Å²) in [7, 11) is 0. The standard InChI is InChI=1S/C25H32N4O3/c1-17(2)32-16-23(31)28-13-11-20(15-28)24-26-18(3)21-14-22(30)29(25(21)27-24)12-7-10-19-8-5-4-6-9-19/h4-6,8-9,17,20H,7,10-16H2,1-3H3/t20-/m1/s1. The number of amides is 2. The summed E-state index contributed by atoms with van der Waals surface area (Å²) < 4.78 is 5.47. The third kappa shape index (κ3) is 4.99. The van der Waals surface area contributed by atoms with Gasteiger partial charge in [-0.05, 0) is 45.6 Å². The normalized spacial score (nSPS) is 18.0. The molecule has 0 unspecified atom stereocenters. The smallest absolute Gasteiger partial charge is 0.248 e. The lowest BCUT2D eigenvalue weighted by Crippen LogP contribution is -2.33. The van der Waals surface area contributed by atoms with Gasteiger partial charge in [-0.25, -0.2) is 9.97 Å². The molecule has 0 radical (unpaired) electrons. The zero-order valence-electron chi connectivity index (χ0n) is 19.2. The number of hydrogen-bond acceptors (Lipinski definition) is 5. The Bertz CT molecular complexity index is 977. The van der Waals surface area contributed by atoms with Crippen molar-refractivity contribution in [2.24, 2.45) is 0 Å². The summed E-state index contributed by atoms with van der Waals surface area (Å²) in [6.07, 6.45) is 3.04. The number of aryl methyl sites for hydroxylation is 2. The number of rotatable bonds is 8. The molecule has 1 atom stereocenters. The van der Waals surface area contributed by atoms with Gasteiger partial charge in [0.2, 0.25) is 11.8 Å². The van der Waals surface area contributed by atoms with Gasteiger partial charge in [-0.2, -0.15) is 0 Å². The molecule has 170 valence electrons. The van der Waals surface area contributed by atoms with Crippen molar-refractivity contribution in [2.45, 2.75) is 58.5 Å². The monoisotopic (exact) mass is 436 g/mol. The molecule has 0 saturated carbocycles. The average Bonchev–Trinajstić information content (AvgIpc) is 3.39. The summed E-state index contributed by atoms with van der Waals surface area (Å²) in [5.41, 5.74) is 3.09. The van der Waals surface area contributed by atoms with Crippen LogP contribution in [0.2, 0.25) is 0 Å². The number of hydrogen-bond donors (Lipinski definition) is 0. The fourth-order valence-electron chi connectivity index (χ4n) is 4.42. The highest BCUT2D eigenvalue weighted by molar-refractivity contribution is 6.00. The predicted molar refractivity (Wildman–Crippen MR) is 123 cm³/mol. The third-order valence-electron chi connectivity index (χ3n) is 6.23. The lowest BCUT2D eigenvalue weighted by molar-refractivity contribution is -0.136. The van der Waals surface area contributed by atoms with Crippen LogP contribution in [-0.2, 0) is 27.2 Å². The number of aromatic nitrogens is 2. The Morgan fingerprint density at radius 3 is 2.75 bits per heavy atom. The van der Waals surface area contributed by atoms with Crippen LogP contribution in [0.1, 0.15) is 55.3 Å². The molecule has 2 aromatic rings. The molecule has 0 spiro atoms. The van der Waals surface area contributed by atoms with E-state index in [2.05, 4.69) is 12.1 Å². The van der Waals surface area contributed by atoms with Gasteiger partial charge in [0, 0.05) is 36.8 Å². The van der Waals surface area contributed by atoms with Crippen LogP contribution in [0.4, 0.5) is 5.82 Å². The molecule has 1 aromatic heterocycles. The number of carbonyl (C=O) groups excluding carboxylic acids is 2. The topological polar surface area (TPSA) is 75.6 Å². The van der Waals surface area contributed by atoms with Crippen LogP contribution in [-0.4, -0.2) is 59.0 Å². The van der Waals surface area contributed by atoms with E-state index in [4.69, 9.17) is 14.7 Å². The first-order valence-corrected chi connectivity index (χ1v) is 11.5. The van der Waals surface area contributed by atoms with E-state index in [9.17, 15) is 9.59 Å². The molecule has 0 bridgehead atoms. The first kappa shape index (κ1) is 22.4. The van der Waals surface area contributed by atoms with E-state index in [0.29, 0.717) is 26.1 Å². The second kappa shape index (κ2) is 9.77. The van der Waals surface area contributed by atoms with Gasteiger partial charge in [-0.15, -0.1) is 0 Å². The van der Waals surface area contributed by atoms with Crippen LogP contribution in [0.3, 0.4) is 0 Å². The van der Waals surface area contributed by atoms with Crippen molar-refractivity contribution in [2.75, 3.05) is 31.1 Å². The SMILES string of the molecule is Cc1nc([C@@H]2CCN(C(=O)COC(C)C)C2)nc2c1CC(=O)N2CCCc1ccccc1. The van der Waals surface area contributed by atoms with E-state index in [0.717, 1.165) is 42.2 Å².